The molecule has 2 nitrogen and oxygen atoms in total. The van der Waals surface area contributed by atoms with E-state index in [2.05, 4.69) is 5.32 Å². The summed E-state index contributed by atoms with van der Waals surface area (Å²) in [6, 6.07) is 15.9. The molecule has 0 spiro atoms. The molecule has 0 aliphatic heterocycles. The van der Waals surface area contributed by atoms with E-state index in [1.165, 1.54) is 11.1 Å². The van der Waals surface area contributed by atoms with Crippen molar-refractivity contribution >= 4 is 11.6 Å². The Kier molecular flexibility index (Phi) is 4.00. The highest BCUT2D eigenvalue weighted by Gasteiger charge is 2.14. The predicted octanol–water partition coefficient (Wildman–Crippen LogP) is 4.05. The lowest BCUT2D eigenvalue weighted by molar-refractivity contribution is -0.117. The molecule has 1 amide bonds. The van der Waals surface area contributed by atoms with E-state index in [0.717, 1.165) is 11.3 Å². The van der Waals surface area contributed by atoms with E-state index in [4.69, 9.17) is 0 Å². The fourth-order valence-electron chi connectivity index (χ4n) is 1.89. The van der Waals surface area contributed by atoms with E-state index in [1.807, 2.05) is 69.3 Å². The topological polar surface area (TPSA) is 29.1 Å². The number of nitrogens with one attached hydrogen (secondary N) is 1. The number of aryl methyl sites for hydroxylation is 2. The molecule has 2 aromatic carbocycles. The number of rotatable bonds is 3. The minimum atomic E-state index is -0.151. The van der Waals surface area contributed by atoms with Crippen molar-refractivity contribution in [1.29, 1.82) is 0 Å². The average Bonchev–Trinajstić information content (AvgIpc) is 2.41. The molecule has 2 rings (SSSR count). The molecule has 0 aliphatic carbocycles. The molecule has 0 aromatic heterocycles. The minimum Gasteiger partial charge on any atom is -0.326 e. The first kappa shape index (κ1) is 13.3. The Morgan fingerprint density at radius 3 is 1.89 bits per heavy atom. The van der Waals surface area contributed by atoms with Crippen molar-refractivity contribution in [2.24, 2.45) is 0 Å². The van der Waals surface area contributed by atoms with Crippen LogP contribution < -0.4 is 5.32 Å². The summed E-state index contributed by atoms with van der Waals surface area (Å²) in [6.45, 7) is 6.00. The van der Waals surface area contributed by atoms with E-state index in [0.29, 0.717) is 0 Å². The van der Waals surface area contributed by atoms with Gasteiger partial charge in [-0.15, -0.1) is 0 Å². The van der Waals surface area contributed by atoms with Crippen LogP contribution in [0.5, 0.6) is 0 Å². The van der Waals surface area contributed by atoms with Crippen molar-refractivity contribution in [3.63, 3.8) is 0 Å². The normalized spacial score (nSPS) is 11.9. The molecular formula is C17H19NO. The second-order valence-corrected chi connectivity index (χ2v) is 4.99. The first-order valence-electron chi connectivity index (χ1n) is 6.50. The zero-order valence-electron chi connectivity index (χ0n) is 11.6. The van der Waals surface area contributed by atoms with E-state index < -0.39 is 0 Å². The lowest BCUT2D eigenvalue weighted by Crippen LogP contribution is -2.18. The van der Waals surface area contributed by atoms with Crippen LogP contribution in [0.1, 0.15) is 29.5 Å². The van der Waals surface area contributed by atoms with Gasteiger partial charge in [0, 0.05) is 5.69 Å². The summed E-state index contributed by atoms with van der Waals surface area (Å²) in [7, 11) is 0. The summed E-state index contributed by atoms with van der Waals surface area (Å²) in [5.41, 5.74) is 4.27. The van der Waals surface area contributed by atoms with Crippen LogP contribution >= 0.6 is 0 Å². The molecule has 0 heterocycles. The third kappa shape index (κ3) is 3.44. The smallest absolute Gasteiger partial charge is 0.231 e. The van der Waals surface area contributed by atoms with Crippen molar-refractivity contribution in [1.82, 2.24) is 0 Å². The molecule has 0 radical (unpaired) electrons. The second-order valence-electron chi connectivity index (χ2n) is 4.99. The van der Waals surface area contributed by atoms with Gasteiger partial charge in [0.1, 0.15) is 0 Å². The van der Waals surface area contributed by atoms with E-state index in [1.54, 1.807) is 0 Å². The molecule has 1 atom stereocenters. The molecule has 98 valence electrons. The Morgan fingerprint density at radius 2 is 1.37 bits per heavy atom. The van der Waals surface area contributed by atoms with Crippen LogP contribution in [0.15, 0.2) is 48.5 Å². The number of carbonyl (C=O) groups excluding carboxylic acids is 1. The maximum atomic E-state index is 12.2. The summed E-state index contributed by atoms with van der Waals surface area (Å²) in [6.07, 6.45) is 0. The lowest BCUT2D eigenvalue weighted by Gasteiger charge is -2.13. The minimum absolute atomic E-state index is 0.0210. The molecule has 0 fully saturated rings. The summed E-state index contributed by atoms with van der Waals surface area (Å²) in [4.78, 5) is 12.2. The van der Waals surface area contributed by atoms with Gasteiger partial charge in [0.2, 0.25) is 5.91 Å². The maximum absolute atomic E-state index is 12.2. The van der Waals surface area contributed by atoms with Gasteiger partial charge >= 0.3 is 0 Å². The van der Waals surface area contributed by atoms with Crippen LogP contribution in [0.3, 0.4) is 0 Å². The van der Waals surface area contributed by atoms with Crippen molar-refractivity contribution in [3.8, 4) is 0 Å². The van der Waals surface area contributed by atoms with Crippen LogP contribution in [0.2, 0.25) is 0 Å². The highest BCUT2D eigenvalue weighted by Crippen LogP contribution is 2.18. The Hall–Kier alpha value is -2.09. The van der Waals surface area contributed by atoms with Gasteiger partial charge in [0.15, 0.2) is 0 Å². The Morgan fingerprint density at radius 1 is 0.895 bits per heavy atom. The van der Waals surface area contributed by atoms with E-state index >= 15 is 0 Å². The van der Waals surface area contributed by atoms with Gasteiger partial charge in [-0.25, -0.2) is 0 Å². The second kappa shape index (κ2) is 5.70. The van der Waals surface area contributed by atoms with Crippen LogP contribution in [0.25, 0.3) is 0 Å². The summed E-state index contributed by atoms with van der Waals surface area (Å²) in [5, 5.41) is 2.94. The van der Waals surface area contributed by atoms with Gasteiger partial charge in [-0.05, 0) is 38.5 Å². The van der Waals surface area contributed by atoms with Crippen LogP contribution in [0.4, 0.5) is 5.69 Å². The van der Waals surface area contributed by atoms with Gasteiger partial charge < -0.3 is 5.32 Å². The molecule has 2 aromatic rings. The van der Waals surface area contributed by atoms with Crippen molar-refractivity contribution in [3.05, 3.63) is 65.2 Å². The van der Waals surface area contributed by atoms with Gasteiger partial charge in [-0.2, -0.15) is 0 Å². The predicted molar refractivity (Wildman–Crippen MR) is 79.4 cm³/mol. The number of hydrogen-bond donors (Lipinski definition) is 1. The van der Waals surface area contributed by atoms with Crippen molar-refractivity contribution < 1.29 is 4.79 Å². The van der Waals surface area contributed by atoms with Gasteiger partial charge in [-0.3, -0.25) is 4.79 Å². The molecule has 0 saturated carbocycles. The SMILES string of the molecule is Cc1ccc(NC(=O)[C@@H](C)c2ccc(C)cc2)cc1. The van der Waals surface area contributed by atoms with Gasteiger partial charge in [0.05, 0.1) is 5.92 Å². The summed E-state index contributed by atoms with van der Waals surface area (Å²) < 4.78 is 0. The molecule has 0 saturated heterocycles. The van der Waals surface area contributed by atoms with Crippen LogP contribution in [-0.2, 0) is 4.79 Å². The zero-order chi connectivity index (χ0) is 13.8. The maximum Gasteiger partial charge on any atom is 0.231 e. The largest absolute Gasteiger partial charge is 0.326 e. The lowest BCUT2D eigenvalue weighted by atomic mass is 9.99. The molecule has 0 bridgehead atoms. The first-order chi connectivity index (χ1) is 9.06. The highest BCUT2D eigenvalue weighted by atomic mass is 16.1. The fourth-order valence-corrected chi connectivity index (χ4v) is 1.89. The third-order valence-electron chi connectivity index (χ3n) is 3.29. The van der Waals surface area contributed by atoms with Gasteiger partial charge in [0.25, 0.3) is 0 Å². The van der Waals surface area contributed by atoms with Crippen molar-refractivity contribution in [2.75, 3.05) is 5.32 Å². The average molecular weight is 253 g/mol. The monoisotopic (exact) mass is 253 g/mol. The number of carbonyl (C=O) groups is 1. The standard InChI is InChI=1S/C17H19NO/c1-12-4-8-15(9-5-12)14(3)17(19)18-16-10-6-13(2)7-11-16/h4-11,14H,1-3H3,(H,18,19)/t14-/m0/s1. The first-order valence-corrected chi connectivity index (χ1v) is 6.50. The molecular weight excluding hydrogens is 234 g/mol. The molecule has 2 heteroatoms. The van der Waals surface area contributed by atoms with E-state index in [-0.39, 0.29) is 11.8 Å². The Bertz CT molecular complexity index is 555. The molecule has 19 heavy (non-hydrogen) atoms. The van der Waals surface area contributed by atoms with Gasteiger partial charge in [-0.1, -0.05) is 47.5 Å². The van der Waals surface area contributed by atoms with Crippen LogP contribution in [0, 0.1) is 13.8 Å². The number of anilines is 1. The summed E-state index contributed by atoms with van der Waals surface area (Å²) in [5.74, 6) is -0.130. The molecule has 0 aliphatic rings. The number of benzene rings is 2. The fraction of sp³-hybridized carbons (Fsp3) is 0.235. The molecule has 0 unspecified atom stereocenters. The van der Waals surface area contributed by atoms with Crippen molar-refractivity contribution in [2.45, 2.75) is 26.7 Å². The zero-order valence-corrected chi connectivity index (χ0v) is 11.6. The Labute approximate surface area is 114 Å². The summed E-state index contributed by atoms with van der Waals surface area (Å²) >= 11 is 0. The Balaban J connectivity index is 2.07. The number of amides is 1. The number of hydrogen-bond acceptors (Lipinski definition) is 1. The van der Waals surface area contributed by atoms with E-state index in [9.17, 15) is 4.79 Å². The molecule has 1 N–H and O–H groups in total. The quantitative estimate of drug-likeness (QED) is 0.878. The van der Waals surface area contributed by atoms with Crippen LogP contribution in [-0.4, -0.2) is 5.91 Å². The highest BCUT2D eigenvalue weighted by molar-refractivity contribution is 5.95. The third-order valence-corrected chi connectivity index (χ3v) is 3.29.